The van der Waals surface area contributed by atoms with Gasteiger partial charge in [-0.1, -0.05) is 18.2 Å². The van der Waals surface area contributed by atoms with Crippen molar-refractivity contribution in [1.82, 2.24) is 29.7 Å². The van der Waals surface area contributed by atoms with E-state index in [1.165, 1.54) is 23.9 Å². The van der Waals surface area contributed by atoms with Crippen molar-refractivity contribution in [3.05, 3.63) is 103 Å². The Morgan fingerprint density at radius 2 is 1.51 bits per heavy atom. The minimum atomic E-state index is -0.734. The third-order valence-electron chi connectivity index (χ3n) is 6.73. The molecule has 4 aromatic heterocycles. The molecule has 2 aromatic carbocycles. The Hall–Kier alpha value is -5.65. The molecule has 0 aliphatic rings. The number of nitrogens with zero attached hydrogens (tertiary/aromatic N) is 7. The minimum Gasteiger partial charge on any atom is -0.494 e. The molecule has 0 fully saturated rings. The van der Waals surface area contributed by atoms with Crippen LogP contribution in [0.15, 0.2) is 85.5 Å². The van der Waals surface area contributed by atoms with Crippen LogP contribution in [0.1, 0.15) is 12.5 Å². The zero-order valence-electron chi connectivity index (χ0n) is 23.3. The predicted octanol–water partition coefficient (Wildman–Crippen LogP) is 6.07. The normalized spacial score (nSPS) is 11.1. The molecule has 0 spiro atoms. The average molecular weight is 581 g/mol. The summed E-state index contributed by atoms with van der Waals surface area (Å²) in [6.45, 7) is 1.86. The lowest BCUT2D eigenvalue weighted by atomic mass is 10.1. The van der Waals surface area contributed by atoms with E-state index < -0.39 is 11.6 Å². The zero-order valence-corrected chi connectivity index (χ0v) is 23.3. The molecule has 0 unspecified atom stereocenters. The van der Waals surface area contributed by atoms with Gasteiger partial charge in [0.15, 0.2) is 17.5 Å². The van der Waals surface area contributed by atoms with E-state index in [1.54, 1.807) is 31.7 Å². The van der Waals surface area contributed by atoms with Crippen molar-refractivity contribution in [3.63, 3.8) is 0 Å². The molecule has 0 saturated carbocycles. The smallest absolute Gasteiger partial charge is 0.204 e. The molecule has 6 aromatic rings. The number of anilines is 4. The number of hydrogen-bond acceptors (Lipinski definition) is 9. The maximum absolute atomic E-state index is 15.0. The van der Waals surface area contributed by atoms with Crippen molar-refractivity contribution in [2.45, 2.75) is 13.5 Å². The number of halogens is 2. The molecule has 0 atom stereocenters. The maximum atomic E-state index is 15.0. The molecule has 4 heterocycles. The number of fused-ring (bicyclic) bond motifs is 1. The van der Waals surface area contributed by atoms with Crippen LogP contribution in [0.25, 0.3) is 22.4 Å². The van der Waals surface area contributed by atoms with Crippen LogP contribution >= 0.6 is 0 Å². The highest BCUT2D eigenvalue weighted by molar-refractivity contribution is 5.93. The first-order chi connectivity index (χ1) is 21.0. The second-order valence-electron chi connectivity index (χ2n) is 9.36. The van der Waals surface area contributed by atoms with Gasteiger partial charge in [0.2, 0.25) is 5.75 Å². The van der Waals surface area contributed by atoms with E-state index in [-0.39, 0.29) is 41.9 Å². The molecule has 0 aliphatic heterocycles. The molecule has 43 heavy (non-hydrogen) atoms. The molecule has 12 heteroatoms. The largest absolute Gasteiger partial charge is 0.494 e. The lowest BCUT2D eigenvalue weighted by molar-refractivity contribution is 0.335. The highest BCUT2D eigenvalue weighted by Crippen LogP contribution is 2.42. The molecule has 2 N–H and O–H groups in total. The molecule has 0 amide bonds. The summed E-state index contributed by atoms with van der Waals surface area (Å²) in [5.74, 6) is -0.467. The number of nitrogen functional groups attached to an aromatic ring is 1. The molecule has 10 nitrogen and oxygen atoms in total. The summed E-state index contributed by atoms with van der Waals surface area (Å²) in [5.41, 5.74) is 8.77. The highest BCUT2D eigenvalue weighted by atomic mass is 19.1. The Morgan fingerprint density at radius 1 is 0.884 bits per heavy atom. The van der Waals surface area contributed by atoms with Crippen molar-refractivity contribution < 1.29 is 18.3 Å². The summed E-state index contributed by atoms with van der Waals surface area (Å²) >= 11 is 0. The Labute approximate surface area is 245 Å². The van der Waals surface area contributed by atoms with Crippen molar-refractivity contribution in [3.8, 4) is 23.0 Å². The van der Waals surface area contributed by atoms with E-state index in [0.29, 0.717) is 22.4 Å². The van der Waals surface area contributed by atoms with Gasteiger partial charge < -0.3 is 15.2 Å². The first kappa shape index (κ1) is 27.5. The van der Waals surface area contributed by atoms with Crippen LogP contribution in [0.4, 0.5) is 31.8 Å². The van der Waals surface area contributed by atoms with Crippen molar-refractivity contribution >= 4 is 33.9 Å². The van der Waals surface area contributed by atoms with E-state index in [1.807, 2.05) is 53.4 Å². The predicted molar refractivity (Wildman–Crippen MR) is 159 cm³/mol. The number of rotatable bonds is 9. The monoisotopic (exact) mass is 580 g/mol. The number of ether oxygens (including phenoxy) is 2. The summed E-state index contributed by atoms with van der Waals surface area (Å²) in [4.78, 5) is 19.5. The van der Waals surface area contributed by atoms with E-state index in [0.717, 1.165) is 11.4 Å². The van der Waals surface area contributed by atoms with E-state index >= 15 is 8.78 Å². The Kier molecular flexibility index (Phi) is 7.48. The summed E-state index contributed by atoms with van der Waals surface area (Å²) < 4.78 is 42.5. The van der Waals surface area contributed by atoms with Gasteiger partial charge in [0.05, 0.1) is 37.2 Å². The van der Waals surface area contributed by atoms with Gasteiger partial charge in [-0.2, -0.15) is 5.10 Å². The number of benzene rings is 2. The van der Waals surface area contributed by atoms with Crippen molar-refractivity contribution in [1.29, 1.82) is 0 Å². The number of aromatic nitrogens is 6. The number of pyridine rings is 2. The molecule has 0 radical (unpaired) electrons. The van der Waals surface area contributed by atoms with Gasteiger partial charge in [0, 0.05) is 47.9 Å². The minimum absolute atomic E-state index is 0.0813. The number of methoxy groups -OCH3 is 1. The summed E-state index contributed by atoms with van der Waals surface area (Å²) in [6, 6.07) is 16.9. The first-order valence-corrected chi connectivity index (χ1v) is 13.4. The first-order valence-electron chi connectivity index (χ1n) is 13.4. The topological polar surface area (TPSA) is 117 Å². The fourth-order valence-electron chi connectivity index (χ4n) is 4.83. The van der Waals surface area contributed by atoms with Gasteiger partial charge >= 0.3 is 0 Å². The van der Waals surface area contributed by atoms with Gasteiger partial charge in [0.25, 0.3) is 0 Å². The third kappa shape index (κ3) is 5.25. The molecular formula is C31H26F2N8O2. The number of para-hydroxylation sites is 1. The highest BCUT2D eigenvalue weighted by Gasteiger charge is 2.25. The van der Waals surface area contributed by atoms with Crippen LogP contribution in [0, 0.1) is 11.6 Å². The molecule has 6 rings (SSSR count). The second-order valence-corrected chi connectivity index (χ2v) is 9.36. The third-order valence-corrected chi connectivity index (χ3v) is 6.73. The zero-order chi connectivity index (χ0) is 29.9. The van der Waals surface area contributed by atoms with E-state index in [9.17, 15) is 0 Å². The lowest BCUT2D eigenvalue weighted by Crippen LogP contribution is -2.15. The van der Waals surface area contributed by atoms with Crippen molar-refractivity contribution in [2.24, 2.45) is 0 Å². The van der Waals surface area contributed by atoms with Gasteiger partial charge in [-0.15, -0.1) is 0 Å². The fraction of sp³-hybridized carbons (Fsp3) is 0.129. The molecule has 0 aliphatic carbocycles. The standard InChI is InChI=1S/C31H26F2N8O2/c1-3-43-21-16-24(32)23(25(33)17-21)18-40-26-7-5-4-6-22(26)27(39-40)30-37-29(34)28(42-2)31(38-30)41(19-8-12-35-13-9-19)20-10-14-36-15-11-20/h4-17H,3,18H2,1-2H3,(H2,34,37,38). The summed E-state index contributed by atoms with van der Waals surface area (Å²) in [7, 11) is 1.49. The molecule has 216 valence electrons. The quantitative estimate of drug-likeness (QED) is 0.217. The van der Waals surface area contributed by atoms with Crippen LogP contribution in [-0.4, -0.2) is 43.4 Å². The Balaban J connectivity index is 1.51. The van der Waals surface area contributed by atoms with Crippen LogP contribution in [0.5, 0.6) is 11.5 Å². The van der Waals surface area contributed by atoms with Crippen LogP contribution in [0.2, 0.25) is 0 Å². The SMILES string of the molecule is CCOc1cc(F)c(Cn2nc(-c3nc(N)c(OC)c(N(c4ccncc4)c4ccncc4)n3)c3ccccc32)c(F)c1. The second kappa shape index (κ2) is 11.7. The van der Waals surface area contributed by atoms with Crippen molar-refractivity contribution in [2.75, 3.05) is 24.4 Å². The van der Waals surface area contributed by atoms with E-state index in [2.05, 4.69) is 15.0 Å². The lowest BCUT2D eigenvalue weighted by Gasteiger charge is -2.26. The molecule has 0 bridgehead atoms. The van der Waals surface area contributed by atoms with Crippen LogP contribution in [-0.2, 0) is 6.54 Å². The van der Waals surface area contributed by atoms with Gasteiger partial charge in [-0.3, -0.25) is 19.5 Å². The van der Waals surface area contributed by atoms with E-state index in [4.69, 9.17) is 25.3 Å². The van der Waals surface area contributed by atoms with Gasteiger partial charge in [0.1, 0.15) is 23.1 Å². The fourth-order valence-corrected chi connectivity index (χ4v) is 4.83. The molecular weight excluding hydrogens is 554 g/mol. The van der Waals surface area contributed by atoms with Crippen LogP contribution in [0.3, 0.4) is 0 Å². The van der Waals surface area contributed by atoms with Gasteiger partial charge in [-0.25, -0.2) is 18.7 Å². The van der Waals surface area contributed by atoms with Crippen LogP contribution < -0.4 is 20.1 Å². The number of hydrogen-bond donors (Lipinski definition) is 1. The Bertz CT molecular complexity index is 1840. The molecule has 0 saturated heterocycles. The maximum Gasteiger partial charge on any atom is 0.204 e. The van der Waals surface area contributed by atoms with Gasteiger partial charge in [-0.05, 0) is 37.3 Å². The Morgan fingerprint density at radius 3 is 2.12 bits per heavy atom. The summed E-state index contributed by atoms with van der Waals surface area (Å²) in [5, 5.41) is 5.40. The number of nitrogens with two attached hydrogens (primary N) is 1. The summed E-state index contributed by atoms with van der Waals surface area (Å²) in [6.07, 6.45) is 6.65. The average Bonchev–Trinajstić information content (AvgIpc) is 3.39.